The summed E-state index contributed by atoms with van der Waals surface area (Å²) < 4.78 is 0. The summed E-state index contributed by atoms with van der Waals surface area (Å²) in [5, 5.41) is 3.73. The molecule has 1 aromatic carbocycles. The van der Waals surface area contributed by atoms with Gasteiger partial charge in [-0.3, -0.25) is 0 Å². The van der Waals surface area contributed by atoms with Crippen molar-refractivity contribution >= 4 is 11.3 Å². The molecule has 0 amide bonds. The largest absolute Gasteiger partial charge is 0.307 e. The first-order valence-electron chi connectivity index (χ1n) is 7.34. The molecule has 2 unspecified atom stereocenters. The SMILES string of the molecule is Cc1ccc(C)c(C(C)NC(C)Cc2ccc(C)s2)c1. The third-order valence-electron chi connectivity index (χ3n) is 3.74. The fourth-order valence-electron chi connectivity index (χ4n) is 2.70. The van der Waals surface area contributed by atoms with Gasteiger partial charge in [0.1, 0.15) is 0 Å². The first kappa shape index (κ1) is 15.3. The molecule has 108 valence electrons. The van der Waals surface area contributed by atoms with Gasteiger partial charge >= 0.3 is 0 Å². The summed E-state index contributed by atoms with van der Waals surface area (Å²) >= 11 is 1.90. The molecule has 0 spiro atoms. The third-order valence-corrected chi connectivity index (χ3v) is 4.76. The Morgan fingerprint density at radius 1 is 1.05 bits per heavy atom. The highest BCUT2D eigenvalue weighted by molar-refractivity contribution is 7.11. The van der Waals surface area contributed by atoms with Crippen LogP contribution in [0.5, 0.6) is 0 Å². The highest BCUT2D eigenvalue weighted by Crippen LogP contribution is 2.21. The van der Waals surface area contributed by atoms with E-state index in [9.17, 15) is 0 Å². The van der Waals surface area contributed by atoms with Crippen LogP contribution in [-0.2, 0) is 6.42 Å². The smallest absolute Gasteiger partial charge is 0.0297 e. The second-order valence-electron chi connectivity index (χ2n) is 5.87. The topological polar surface area (TPSA) is 12.0 Å². The summed E-state index contributed by atoms with van der Waals surface area (Å²) in [7, 11) is 0. The van der Waals surface area contributed by atoms with Crippen molar-refractivity contribution in [2.45, 2.75) is 53.1 Å². The second-order valence-corrected chi connectivity index (χ2v) is 7.24. The van der Waals surface area contributed by atoms with E-state index in [1.54, 1.807) is 0 Å². The fraction of sp³-hybridized carbons (Fsp3) is 0.444. The molecular formula is C18H25NS. The maximum absolute atomic E-state index is 3.73. The van der Waals surface area contributed by atoms with Crippen LogP contribution in [0.1, 0.15) is 46.3 Å². The number of benzene rings is 1. The van der Waals surface area contributed by atoms with E-state index in [-0.39, 0.29) is 0 Å². The average molecular weight is 287 g/mol. The van der Waals surface area contributed by atoms with Crippen LogP contribution in [0.25, 0.3) is 0 Å². The average Bonchev–Trinajstić information content (AvgIpc) is 2.77. The normalized spacial score (nSPS) is 14.2. The van der Waals surface area contributed by atoms with E-state index in [0.29, 0.717) is 12.1 Å². The summed E-state index contributed by atoms with van der Waals surface area (Å²) in [6.45, 7) is 11.1. The van der Waals surface area contributed by atoms with Crippen molar-refractivity contribution in [3.8, 4) is 0 Å². The van der Waals surface area contributed by atoms with Gasteiger partial charge in [-0.1, -0.05) is 23.8 Å². The lowest BCUT2D eigenvalue weighted by molar-refractivity contribution is 0.478. The Labute approximate surface area is 127 Å². The van der Waals surface area contributed by atoms with E-state index < -0.39 is 0 Å². The van der Waals surface area contributed by atoms with E-state index in [1.807, 2.05) is 11.3 Å². The van der Waals surface area contributed by atoms with Crippen LogP contribution >= 0.6 is 11.3 Å². The molecule has 0 saturated heterocycles. The molecular weight excluding hydrogens is 262 g/mol. The van der Waals surface area contributed by atoms with Gasteiger partial charge in [0.05, 0.1) is 0 Å². The molecule has 0 bridgehead atoms. The Balaban J connectivity index is 1.99. The third kappa shape index (κ3) is 3.94. The highest BCUT2D eigenvalue weighted by atomic mass is 32.1. The zero-order valence-electron chi connectivity index (χ0n) is 13.2. The Kier molecular flexibility index (Phi) is 5.00. The Hall–Kier alpha value is -1.12. The van der Waals surface area contributed by atoms with Crippen LogP contribution in [0.3, 0.4) is 0 Å². The van der Waals surface area contributed by atoms with Crippen LogP contribution in [-0.4, -0.2) is 6.04 Å². The van der Waals surface area contributed by atoms with Gasteiger partial charge in [-0.05, 0) is 64.3 Å². The van der Waals surface area contributed by atoms with E-state index in [1.165, 1.54) is 26.4 Å². The lowest BCUT2D eigenvalue weighted by atomic mass is 9.99. The van der Waals surface area contributed by atoms with Gasteiger partial charge in [-0.2, -0.15) is 0 Å². The van der Waals surface area contributed by atoms with Gasteiger partial charge in [0.2, 0.25) is 0 Å². The predicted molar refractivity (Wildman–Crippen MR) is 89.7 cm³/mol. The molecule has 0 aliphatic heterocycles. The molecule has 0 aliphatic carbocycles. The molecule has 2 rings (SSSR count). The Morgan fingerprint density at radius 2 is 1.80 bits per heavy atom. The standard InChI is InChI=1S/C18H25NS/c1-12-6-7-13(2)18(10-12)16(5)19-14(3)11-17-9-8-15(4)20-17/h6-10,14,16,19H,11H2,1-5H3. The number of hydrogen-bond acceptors (Lipinski definition) is 2. The summed E-state index contributed by atoms with van der Waals surface area (Å²) in [5.74, 6) is 0. The first-order chi connectivity index (χ1) is 9.45. The summed E-state index contributed by atoms with van der Waals surface area (Å²) in [4.78, 5) is 2.87. The quantitative estimate of drug-likeness (QED) is 0.820. The predicted octanol–water partition coefficient (Wildman–Crippen LogP) is 4.96. The summed E-state index contributed by atoms with van der Waals surface area (Å²) in [6.07, 6.45) is 1.10. The van der Waals surface area contributed by atoms with Crippen LogP contribution in [0.2, 0.25) is 0 Å². The van der Waals surface area contributed by atoms with E-state index in [2.05, 4.69) is 70.3 Å². The monoisotopic (exact) mass is 287 g/mol. The first-order valence-corrected chi connectivity index (χ1v) is 8.16. The number of aryl methyl sites for hydroxylation is 3. The zero-order valence-corrected chi connectivity index (χ0v) is 14.0. The van der Waals surface area contributed by atoms with Gasteiger partial charge in [-0.25, -0.2) is 0 Å². The van der Waals surface area contributed by atoms with Crippen molar-refractivity contribution in [3.05, 3.63) is 56.8 Å². The maximum Gasteiger partial charge on any atom is 0.0297 e. The minimum absolute atomic E-state index is 0.394. The lowest BCUT2D eigenvalue weighted by Crippen LogP contribution is -2.30. The number of nitrogens with one attached hydrogen (secondary N) is 1. The van der Waals surface area contributed by atoms with E-state index >= 15 is 0 Å². The molecule has 2 atom stereocenters. The Bertz CT molecular complexity index is 571. The van der Waals surface area contributed by atoms with Crippen LogP contribution in [0.4, 0.5) is 0 Å². The molecule has 0 aliphatic rings. The maximum atomic E-state index is 3.73. The molecule has 1 nitrogen and oxygen atoms in total. The Morgan fingerprint density at radius 3 is 2.45 bits per heavy atom. The molecule has 0 saturated carbocycles. The molecule has 1 aromatic heterocycles. The van der Waals surface area contributed by atoms with Gasteiger partial charge in [0.15, 0.2) is 0 Å². The minimum atomic E-state index is 0.394. The molecule has 1 N–H and O–H groups in total. The molecule has 0 radical (unpaired) electrons. The molecule has 0 fully saturated rings. The second kappa shape index (κ2) is 6.55. The van der Waals surface area contributed by atoms with Gasteiger partial charge in [-0.15, -0.1) is 11.3 Å². The van der Waals surface area contributed by atoms with E-state index in [4.69, 9.17) is 0 Å². The number of hydrogen-bond donors (Lipinski definition) is 1. The van der Waals surface area contributed by atoms with Crippen molar-refractivity contribution < 1.29 is 0 Å². The number of rotatable bonds is 5. The fourth-order valence-corrected chi connectivity index (χ4v) is 3.72. The van der Waals surface area contributed by atoms with Crippen molar-refractivity contribution in [2.75, 3.05) is 0 Å². The highest BCUT2D eigenvalue weighted by Gasteiger charge is 2.12. The molecule has 20 heavy (non-hydrogen) atoms. The minimum Gasteiger partial charge on any atom is -0.307 e. The van der Waals surface area contributed by atoms with Crippen molar-refractivity contribution in [2.24, 2.45) is 0 Å². The summed E-state index contributed by atoms with van der Waals surface area (Å²) in [6, 6.07) is 12.0. The lowest BCUT2D eigenvalue weighted by Gasteiger charge is -2.22. The zero-order chi connectivity index (χ0) is 14.7. The van der Waals surface area contributed by atoms with Crippen LogP contribution < -0.4 is 5.32 Å². The molecule has 2 heteroatoms. The van der Waals surface area contributed by atoms with Gasteiger partial charge < -0.3 is 5.32 Å². The molecule has 2 aromatic rings. The summed E-state index contributed by atoms with van der Waals surface area (Å²) in [5.41, 5.74) is 4.12. The van der Waals surface area contributed by atoms with Crippen molar-refractivity contribution in [1.82, 2.24) is 5.32 Å². The van der Waals surface area contributed by atoms with Crippen molar-refractivity contribution in [3.63, 3.8) is 0 Å². The van der Waals surface area contributed by atoms with Gasteiger partial charge in [0, 0.05) is 21.8 Å². The number of thiophene rings is 1. The molecule has 1 heterocycles. The van der Waals surface area contributed by atoms with Gasteiger partial charge in [0.25, 0.3) is 0 Å². The van der Waals surface area contributed by atoms with Crippen molar-refractivity contribution in [1.29, 1.82) is 0 Å². The van der Waals surface area contributed by atoms with Crippen LogP contribution in [0.15, 0.2) is 30.3 Å². The van der Waals surface area contributed by atoms with Crippen LogP contribution in [0, 0.1) is 20.8 Å². The van der Waals surface area contributed by atoms with E-state index in [0.717, 1.165) is 6.42 Å².